The van der Waals surface area contributed by atoms with Crippen molar-refractivity contribution in [3.8, 4) is 0 Å². The van der Waals surface area contributed by atoms with Gasteiger partial charge in [0.1, 0.15) is 5.15 Å². The van der Waals surface area contributed by atoms with Crippen LogP contribution in [0.15, 0.2) is 36.5 Å². The Bertz CT molecular complexity index is 718. The van der Waals surface area contributed by atoms with Crippen LogP contribution in [0.2, 0.25) is 10.3 Å². The summed E-state index contributed by atoms with van der Waals surface area (Å²) < 4.78 is 0. The average Bonchev–Trinajstić information content (AvgIpc) is 3.07. The van der Waals surface area contributed by atoms with Crippen LogP contribution in [0.5, 0.6) is 0 Å². The van der Waals surface area contributed by atoms with Crippen LogP contribution in [0, 0.1) is 0 Å². The SMILES string of the molecule is S=C(NCC1(c2ccccc2)CCCC1)Nc1ncc(Cl)nc1Cl. The van der Waals surface area contributed by atoms with Crippen molar-refractivity contribution in [2.24, 2.45) is 0 Å². The predicted octanol–water partition coefficient (Wildman–Crippen LogP) is 4.58. The van der Waals surface area contributed by atoms with Crippen molar-refractivity contribution in [2.75, 3.05) is 11.9 Å². The highest BCUT2D eigenvalue weighted by Crippen LogP contribution is 2.40. The lowest BCUT2D eigenvalue weighted by molar-refractivity contribution is 0.435. The molecule has 1 fully saturated rings. The Morgan fingerprint density at radius 3 is 2.54 bits per heavy atom. The van der Waals surface area contributed by atoms with Gasteiger partial charge in [0.25, 0.3) is 0 Å². The van der Waals surface area contributed by atoms with Crippen molar-refractivity contribution < 1.29 is 0 Å². The minimum absolute atomic E-state index is 0.127. The highest BCUT2D eigenvalue weighted by Gasteiger charge is 2.35. The Morgan fingerprint density at radius 2 is 1.88 bits per heavy atom. The van der Waals surface area contributed by atoms with E-state index in [4.69, 9.17) is 35.4 Å². The Kier molecular flexibility index (Phi) is 5.54. The standard InChI is InChI=1S/C17H18Cl2N4S/c18-13-10-20-15(14(19)22-13)23-16(24)21-11-17(8-4-5-9-17)12-6-2-1-3-7-12/h1-3,6-7,10H,4-5,8-9,11H2,(H2,20,21,23,24). The molecule has 1 heterocycles. The van der Waals surface area contributed by atoms with Gasteiger partial charge in [0.2, 0.25) is 0 Å². The fraction of sp³-hybridized carbons (Fsp3) is 0.353. The molecule has 2 aromatic rings. The zero-order chi connectivity index (χ0) is 17.0. The minimum Gasteiger partial charge on any atom is -0.362 e. The van der Waals surface area contributed by atoms with Crippen molar-refractivity contribution in [1.82, 2.24) is 15.3 Å². The van der Waals surface area contributed by atoms with E-state index in [2.05, 4.69) is 44.9 Å². The molecule has 1 aliphatic carbocycles. The van der Waals surface area contributed by atoms with Gasteiger partial charge in [-0.05, 0) is 30.6 Å². The zero-order valence-corrected chi connectivity index (χ0v) is 15.4. The van der Waals surface area contributed by atoms with Gasteiger partial charge in [-0.2, -0.15) is 0 Å². The normalized spacial score (nSPS) is 15.9. The predicted molar refractivity (Wildman–Crippen MR) is 103 cm³/mol. The van der Waals surface area contributed by atoms with Gasteiger partial charge in [0.05, 0.1) is 6.20 Å². The first kappa shape index (κ1) is 17.4. The number of thiocarbonyl (C=S) groups is 1. The molecule has 1 saturated carbocycles. The van der Waals surface area contributed by atoms with E-state index in [0.717, 1.165) is 19.4 Å². The molecule has 0 unspecified atom stereocenters. The number of hydrogen-bond acceptors (Lipinski definition) is 3. The molecule has 24 heavy (non-hydrogen) atoms. The molecule has 0 aliphatic heterocycles. The maximum absolute atomic E-state index is 6.02. The first-order valence-corrected chi connectivity index (χ1v) is 9.04. The molecule has 4 nitrogen and oxygen atoms in total. The fourth-order valence-corrected chi connectivity index (χ4v) is 3.78. The Balaban J connectivity index is 1.66. The Labute approximate surface area is 157 Å². The summed E-state index contributed by atoms with van der Waals surface area (Å²) in [6, 6.07) is 10.6. The fourth-order valence-electron chi connectivity index (χ4n) is 3.24. The van der Waals surface area contributed by atoms with Gasteiger partial charge >= 0.3 is 0 Å². The van der Waals surface area contributed by atoms with Gasteiger partial charge in [0.15, 0.2) is 16.1 Å². The lowest BCUT2D eigenvalue weighted by Crippen LogP contribution is -2.40. The molecule has 0 radical (unpaired) electrons. The van der Waals surface area contributed by atoms with Gasteiger partial charge in [-0.15, -0.1) is 0 Å². The molecule has 0 atom stereocenters. The topological polar surface area (TPSA) is 49.8 Å². The zero-order valence-electron chi connectivity index (χ0n) is 13.1. The number of nitrogens with zero attached hydrogens (tertiary/aromatic N) is 2. The quantitative estimate of drug-likeness (QED) is 0.760. The maximum Gasteiger partial charge on any atom is 0.173 e. The van der Waals surface area contributed by atoms with E-state index in [1.54, 1.807) is 0 Å². The van der Waals surface area contributed by atoms with Crippen molar-refractivity contribution in [3.63, 3.8) is 0 Å². The second-order valence-corrected chi connectivity index (χ2v) is 7.15. The third kappa shape index (κ3) is 3.97. The molecule has 0 saturated heterocycles. The lowest BCUT2D eigenvalue weighted by atomic mass is 9.79. The van der Waals surface area contributed by atoms with E-state index in [-0.39, 0.29) is 15.7 Å². The van der Waals surface area contributed by atoms with Crippen molar-refractivity contribution >= 4 is 46.4 Å². The number of hydrogen-bond donors (Lipinski definition) is 2. The third-order valence-electron chi connectivity index (χ3n) is 4.47. The molecular weight excluding hydrogens is 363 g/mol. The lowest BCUT2D eigenvalue weighted by Gasteiger charge is -2.30. The van der Waals surface area contributed by atoms with Gasteiger partial charge in [0, 0.05) is 12.0 Å². The van der Waals surface area contributed by atoms with Crippen molar-refractivity contribution in [3.05, 3.63) is 52.4 Å². The van der Waals surface area contributed by atoms with Gasteiger partial charge in [-0.25, -0.2) is 9.97 Å². The first-order chi connectivity index (χ1) is 11.6. The van der Waals surface area contributed by atoms with Crippen molar-refractivity contribution in [1.29, 1.82) is 0 Å². The third-order valence-corrected chi connectivity index (χ3v) is 5.16. The van der Waals surface area contributed by atoms with Crippen LogP contribution >= 0.6 is 35.4 Å². The molecule has 126 valence electrons. The molecule has 1 aliphatic rings. The van der Waals surface area contributed by atoms with E-state index in [0.29, 0.717) is 10.9 Å². The number of anilines is 1. The number of nitrogens with one attached hydrogen (secondary N) is 2. The number of benzene rings is 1. The van der Waals surface area contributed by atoms with E-state index in [1.165, 1.54) is 24.6 Å². The van der Waals surface area contributed by atoms with E-state index in [1.807, 2.05) is 6.07 Å². The average molecular weight is 381 g/mol. The molecule has 0 amide bonds. The monoisotopic (exact) mass is 380 g/mol. The molecule has 0 bridgehead atoms. The van der Waals surface area contributed by atoms with Crippen LogP contribution in [0.1, 0.15) is 31.2 Å². The number of rotatable bonds is 4. The van der Waals surface area contributed by atoms with Crippen LogP contribution in [-0.4, -0.2) is 21.6 Å². The van der Waals surface area contributed by atoms with Gasteiger partial charge < -0.3 is 10.6 Å². The summed E-state index contributed by atoms with van der Waals surface area (Å²) in [5.74, 6) is 0.402. The summed E-state index contributed by atoms with van der Waals surface area (Å²) in [6.07, 6.45) is 6.24. The summed E-state index contributed by atoms with van der Waals surface area (Å²) in [5, 5.41) is 7.23. The maximum atomic E-state index is 6.02. The van der Waals surface area contributed by atoms with Crippen LogP contribution < -0.4 is 10.6 Å². The molecule has 2 N–H and O–H groups in total. The van der Waals surface area contributed by atoms with E-state index >= 15 is 0 Å². The molecule has 1 aromatic carbocycles. The summed E-state index contributed by atoms with van der Waals surface area (Å²) >= 11 is 17.1. The van der Waals surface area contributed by atoms with E-state index < -0.39 is 0 Å². The second kappa shape index (κ2) is 7.64. The number of halogens is 2. The highest BCUT2D eigenvalue weighted by atomic mass is 35.5. The van der Waals surface area contributed by atoms with Crippen LogP contribution in [0.3, 0.4) is 0 Å². The Morgan fingerprint density at radius 1 is 1.17 bits per heavy atom. The summed E-state index contributed by atoms with van der Waals surface area (Å²) in [4.78, 5) is 8.05. The summed E-state index contributed by atoms with van der Waals surface area (Å²) in [5.41, 5.74) is 1.49. The molecule has 1 aromatic heterocycles. The first-order valence-electron chi connectivity index (χ1n) is 7.87. The molecule has 3 rings (SSSR count). The van der Waals surface area contributed by atoms with Crippen LogP contribution in [-0.2, 0) is 5.41 Å². The molecule has 0 spiro atoms. The van der Waals surface area contributed by atoms with Crippen LogP contribution in [0.4, 0.5) is 5.82 Å². The minimum atomic E-state index is 0.127. The number of aromatic nitrogens is 2. The van der Waals surface area contributed by atoms with E-state index in [9.17, 15) is 0 Å². The van der Waals surface area contributed by atoms with Gasteiger partial charge in [-0.3, -0.25) is 0 Å². The molecule has 7 heteroatoms. The summed E-state index contributed by atoms with van der Waals surface area (Å²) in [6.45, 7) is 0.779. The van der Waals surface area contributed by atoms with Gasteiger partial charge in [-0.1, -0.05) is 66.4 Å². The molecular formula is C17H18Cl2N4S. The van der Waals surface area contributed by atoms with Crippen molar-refractivity contribution in [2.45, 2.75) is 31.1 Å². The second-order valence-electron chi connectivity index (χ2n) is 5.99. The Hall–Kier alpha value is -1.43. The summed E-state index contributed by atoms with van der Waals surface area (Å²) in [7, 11) is 0. The highest BCUT2D eigenvalue weighted by molar-refractivity contribution is 7.80. The smallest absolute Gasteiger partial charge is 0.173 e. The largest absolute Gasteiger partial charge is 0.362 e. The van der Waals surface area contributed by atoms with Crippen LogP contribution in [0.25, 0.3) is 0 Å².